The second-order valence-corrected chi connectivity index (χ2v) is 3.87. The van der Waals surface area contributed by atoms with Crippen molar-refractivity contribution in [1.29, 1.82) is 0 Å². The van der Waals surface area contributed by atoms with Gasteiger partial charge in [0.1, 0.15) is 4.60 Å². The van der Waals surface area contributed by atoms with E-state index < -0.39 is 0 Å². The highest BCUT2D eigenvalue weighted by atomic mass is 79.9. The Bertz CT molecular complexity index is 281. The van der Waals surface area contributed by atoms with Gasteiger partial charge in [-0.2, -0.15) is 0 Å². The van der Waals surface area contributed by atoms with Crippen LogP contribution < -0.4 is 0 Å². The first-order valence-corrected chi connectivity index (χ1v) is 4.60. The maximum absolute atomic E-state index is 10.5. The number of hydrogen-bond acceptors (Lipinski definition) is 2. The van der Waals surface area contributed by atoms with Crippen LogP contribution in [0, 0.1) is 5.92 Å². The lowest BCUT2D eigenvalue weighted by molar-refractivity contribution is 0.111. The van der Waals surface area contributed by atoms with E-state index in [-0.39, 0.29) is 0 Å². The molecule has 0 aliphatic rings. The van der Waals surface area contributed by atoms with Crippen molar-refractivity contribution in [3.63, 3.8) is 0 Å². The Kier molecular flexibility index (Phi) is 3.03. The summed E-state index contributed by atoms with van der Waals surface area (Å²) >= 11 is 3.33. The van der Waals surface area contributed by atoms with E-state index in [1.807, 2.05) is 4.57 Å². The molecule has 0 amide bonds. The molecular weight excluding hydrogens is 220 g/mol. The molecule has 0 aliphatic carbocycles. The average Bonchev–Trinajstić information content (AvgIpc) is 2.32. The number of nitrogens with zero attached hydrogens (tertiary/aromatic N) is 2. The van der Waals surface area contributed by atoms with Crippen LogP contribution in [0.4, 0.5) is 0 Å². The van der Waals surface area contributed by atoms with E-state index >= 15 is 0 Å². The molecule has 4 heteroatoms. The first-order valence-electron chi connectivity index (χ1n) is 3.81. The zero-order valence-corrected chi connectivity index (χ0v) is 8.71. The molecule has 0 aromatic carbocycles. The molecule has 0 radical (unpaired) electrons. The van der Waals surface area contributed by atoms with Crippen LogP contribution in [0.1, 0.15) is 24.5 Å². The highest BCUT2D eigenvalue weighted by molar-refractivity contribution is 9.10. The number of hydrogen-bond donors (Lipinski definition) is 0. The number of halogens is 1. The third-order valence-electron chi connectivity index (χ3n) is 1.49. The second-order valence-electron chi connectivity index (χ2n) is 3.06. The van der Waals surface area contributed by atoms with Crippen LogP contribution >= 0.6 is 15.9 Å². The van der Waals surface area contributed by atoms with Crippen molar-refractivity contribution in [3.05, 3.63) is 16.6 Å². The van der Waals surface area contributed by atoms with Gasteiger partial charge in [0.15, 0.2) is 12.1 Å². The van der Waals surface area contributed by atoms with E-state index in [2.05, 4.69) is 34.8 Å². The zero-order valence-electron chi connectivity index (χ0n) is 7.12. The summed E-state index contributed by atoms with van der Waals surface area (Å²) in [5.74, 6) is 0.991. The molecule has 1 rings (SSSR count). The van der Waals surface area contributed by atoms with Gasteiger partial charge in [-0.15, -0.1) is 0 Å². The molecule has 0 unspecified atom stereocenters. The first kappa shape index (κ1) is 9.45. The monoisotopic (exact) mass is 230 g/mol. The van der Waals surface area contributed by atoms with E-state index in [1.54, 1.807) is 6.20 Å². The number of imidazole rings is 1. The number of rotatable bonds is 3. The molecule has 1 heterocycles. The molecule has 1 aromatic heterocycles. The first-order chi connectivity index (χ1) is 5.65. The topological polar surface area (TPSA) is 34.9 Å². The fourth-order valence-corrected chi connectivity index (χ4v) is 1.44. The van der Waals surface area contributed by atoms with E-state index in [4.69, 9.17) is 0 Å². The lowest BCUT2D eigenvalue weighted by atomic mass is 10.2. The summed E-state index contributed by atoms with van der Waals surface area (Å²) in [7, 11) is 0. The van der Waals surface area contributed by atoms with Crippen molar-refractivity contribution in [2.24, 2.45) is 5.92 Å². The SMILES string of the molecule is CC(C)Cn1c(Br)cnc1C=O. The minimum atomic E-state index is 0.482. The largest absolute Gasteiger partial charge is 0.316 e. The van der Waals surface area contributed by atoms with Crippen molar-refractivity contribution in [2.75, 3.05) is 0 Å². The Balaban J connectivity index is 2.94. The molecule has 0 N–H and O–H groups in total. The average molecular weight is 231 g/mol. The predicted octanol–water partition coefficient (Wildman–Crippen LogP) is 2.11. The van der Waals surface area contributed by atoms with Gasteiger partial charge in [-0.25, -0.2) is 4.98 Å². The van der Waals surface area contributed by atoms with Crippen molar-refractivity contribution in [3.8, 4) is 0 Å². The Morgan fingerprint density at radius 3 is 2.92 bits per heavy atom. The number of aldehydes is 1. The van der Waals surface area contributed by atoms with Crippen LogP contribution in [0.3, 0.4) is 0 Å². The van der Waals surface area contributed by atoms with E-state index in [0.717, 1.165) is 17.4 Å². The Hall–Kier alpha value is -0.640. The van der Waals surface area contributed by atoms with E-state index in [1.165, 1.54) is 0 Å². The maximum atomic E-state index is 10.5. The lowest BCUT2D eigenvalue weighted by Gasteiger charge is -2.08. The van der Waals surface area contributed by atoms with Crippen LogP contribution in [-0.2, 0) is 6.54 Å². The number of aromatic nitrogens is 2. The fraction of sp³-hybridized carbons (Fsp3) is 0.500. The molecular formula is C8H11BrN2O. The Morgan fingerprint density at radius 1 is 1.75 bits per heavy atom. The van der Waals surface area contributed by atoms with Crippen LogP contribution in [0.15, 0.2) is 10.8 Å². The quantitative estimate of drug-likeness (QED) is 0.746. The second kappa shape index (κ2) is 3.85. The maximum Gasteiger partial charge on any atom is 0.185 e. The molecule has 0 saturated heterocycles. The summed E-state index contributed by atoms with van der Waals surface area (Å²) in [5.41, 5.74) is 0. The summed E-state index contributed by atoms with van der Waals surface area (Å²) in [6, 6.07) is 0. The molecule has 0 fully saturated rings. The minimum absolute atomic E-state index is 0.482. The summed E-state index contributed by atoms with van der Waals surface area (Å²) < 4.78 is 2.72. The van der Waals surface area contributed by atoms with Gasteiger partial charge in [-0.1, -0.05) is 13.8 Å². The van der Waals surface area contributed by atoms with Crippen molar-refractivity contribution in [2.45, 2.75) is 20.4 Å². The molecule has 0 atom stereocenters. The summed E-state index contributed by atoms with van der Waals surface area (Å²) in [6.07, 6.45) is 2.42. The normalized spacial score (nSPS) is 10.7. The van der Waals surface area contributed by atoms with Gasteiger partial charge in [-0.3, -0.25) is 4.79 Å². The van der Waals surface area contributed by atoms with Gasteiger partial charge in [0.2, 0.25) is 0 Å². The van der Waals surface area contributed by atoms with Crippen LogP contribution in [0.25, 0.3) is 0 Å². The molecule has 0 aliphatic heterocycles. The molecule has 1 aromatic rings. The van der Waals surface area contributed by atoms with Crippen LogP contribution in [0.2, 0.25) is 0 Å². The van der Waals surface area contributed by atoms with Crippen molar-refractivity contribution < 1.29 is 4.79 Å². The number of carbonyl (C=O) groups excluding carboxylic acids is 1. The zero-order chi connectivity index (χ0) is 9.14. The Labute approximate surface area is 79.9 Å². The van der Waals surface area contributed by atoms with Crippen molar-refractivity contribution in [1.82, 2.24) is 9.55 Å². The van der Waals surface area contributed by atoms with Gasteiger partial charge in [0.05, 0.1) is 6.20 Å². The summed E-state index contributed by atoms with van der Waals surface area (Å²) in [6.45, 7) is 5.01. The summed E-state index contributed by atoms with van der Waals surface area (Å²) in [5, 5.41) is 0. The third-order valence-corrected chi connectivity index (χ3v) is 2.12. The highest BCUT2D eigenvalue weighted by Crippen LogP contribution is 2.13. The van der Waals surface area contributed by atoms with Gasteiger partial charge >= 0.3 is 0 Å². The van der Waals surface area contributed by atoms with Gasteiger partial charge in [0, 0.05) is 6.54 Å². The highest BCUT2D eigenvalue weighted by Gasteiger charge is 2.07. The van der Waals surface area contributed by atoms with Crippen LogP contribution in [-0.4, -0.2) is 15.8 Å². The molecule has 3 nitrogen and oxygen atoms in total. The molecule has 0 bridgehead atoms. The standard InChI is InChI=1S/C8H11BrN2O/c1-6(2)4-11-7(9)3-10-8(11)5-12/h3,5-6H,4H2,1-2H3. The Morgan fingerprint density at radius 2 is 2.42 bits per heavy atom. The van der Waals surface area contributed by atoms with Crippen molar-refractivity contribution >= 4 is 22.2 Å². The predicted molar refractivity (Wildman–Crippen MR) is 50.2 cm³/mol. The van der Waals surface area contributed by atoms with Crippen LogP contribution in [0.5, 0.6) is 0 Å². The summed E-state index contributed by atoms with van der Waals surface area (Å²) in [4.78, 5) is 14.5. The number of carbonyl (C=O) groups is 1. The smallest absolute Gasteiger partial charge is 0.185 e. The van der Waals surface area contributed by atoms with Gasteiger partial charge < -0.3 is 4.57 Å². The minimum Gasteiger partial charge on any atom is -0.316 e. The molecule has 0 spiro atoms. The van der Waals surface area contributed by atoms with E-state index in [9.17, 15) is 4.79 Å². The lowest BCUT2D eigenvalue weighted by Crippen LogP contribution is -2.08. The molecule has 0 saturated carbocycles. The van der Waals surface area contributed by atoms with Gasteiger partial charge in [-0.05, 0) is 21.8 Å². The van der Waals surface area contributed by atoms with E-state index in [0.29, 0.717) is 11.7 Å². The third kappa shape index (κ3) is 1.94. The molecule has 66 valence electrons. The fourth-order valence-electron chi connectivity index (χ4n) is 1.01. The van der Waals surface area contributed by atoms with Gasteiger partial charge in [0.25, 0.3) is 0 Å². The molecule has 12 heavy (non-hydrogen) atoms.